The van der Waals surface area contributed by atoms with Crippen LogP contribution in [-0.2, 0) is 6.18 Å². The molecule has 1 aromatic heterocycles. The van der Waals surface area contributed by atoms with Gasteiger partial charge in [-0.15, -0.1) is 5.10 Å². The molecule has 2 aromatic carbocycles. The zero-order valence-electron chi connectivity index (χ0n) is 13.1. The summed E-state index contributed by atoms with van der Waals surface area (Å²) in [6.45, 7) is 0. The van der Waals surface area contributed by atoms with Crippen molar-refractivity contribution in [2.24, 2.45) is 10.8 Å². The Labute approximate surface area is 140 Å². The van der Waals surface area contributed by atoms with Crippen LogP contribution in [0.15, 0.2) is 52.1 Å². The van der Waals surface area contributed by atoms with E-state index in [0.29, 0.717) is 27.8 Å². The summed E-state index contributed by atoms with van der Waals surface area (Å²) in [6.07, 6.45) is -4.39. The van der Waals surface area contributed by atoms with Gasteiger partial charge in [-0.25, -0.2) is 5.43 Å². The fraction of sp³-hybridized carbons (Fsp3) is 0.125. The zero-order chi connectivity index (χ0) is 18.0. The third kappa shape index (κ3) is 3.41. The van der Waals surface area contributed by atoms with E-state index in [1.165, 1.54) is 12.1 Å². The molecular weight excluding hydrogens is 335 g/mol. The number of aromatic nitrogens is 1. The Morgan fingerprint density at radius 3 is 2.56 bits per heavy atom. The topological polar surface area (TPSA) is 93.0 Å². The molecule has 0 aliphatic carbocycles. The molecule has 6 nitrogen and oxygen atoms in total. The van der Waals surface area contributed by atoms with E-state index in [2.05, 4.69) is 15.8 Å². The minimum Gasteiger partial charge on any atom is -0.382 e. The second-order valence-electron chi connectivity index (χ2n) is 5.23. The van der Waals surface area contributed by atoms with Crippen molar-refractivity contribution in [1.82, 2.24) is 10.7 Å². The van der Waals surface area contributed by atoms with Crippen molar-refractivity contribution in [3.05, 3.63) is 53.6 Å². The van der Waals surface area contributed by atoms with Crippen molar-refractivity contribution in [3.63, 3.8) is 0 Å². The summed E-state index contributed by atoms with van der Waals surface area (Å²) in [5.74, 6) is 0.632. The fourth-order valence-electron chi connectivity index (χ4n) is 2.32. The number of hydrogen-bond acceptors (Lipinski definition) is 4. The van der Waals surface area contributed by atoms with E-state index in [1.54, 1.807) is 30.7 Å². The van der Waals surface area contributed by atoms with Crippen LogP contribution in [0.5, 0.6) is 0 Å². The monoisotopic (exact) mass is 350 g/mol. The van der Waals surface area contributed by atoms with Gasteiger partial charge in [0.05, 0.1) is 18.0 Å². The number of rotatable bonds is 4. The molecule has 0 aliphatic heterocycles. The summed E-state index contributed by atoms with van der Waals surface area (Å²) in [6, 6.07) is 9.88. The first-order chi connectivity index (χ1) is 11.9. The van der Waals surface area contributed by atoms with Gasteiger partial charge in [0.15, 0.2) is 11.6 Å². The van der Waals surface area contributed by atoms with Crippen molar-refractivity contribution >= 4 is 16.7 Å². The van der Waals surface area contributed by atoms with Crippen molar-refractivity contribution in [3.8, 4) is 11.3 Å². The number of amidine groups is 1. The summed E-state index contributed by atoms with van der Waals surface area (Å²) in [5, 5.41) is 8.52. The summed E-state index contributed by atoms with van der Waals surface area (Å²) >= 11 is 0. The van der Waals surface area contributed by atoms with Crippen LogP contribution in [-0.4, -0.2) is 18.0 Å². The predicted octanol–water partition coefficient (Wildman–Crippen LogP) is 1.83. The Kier molecular flexibility index (Phi) is 4.32. The first kappa shape index (κ1) is 16.8. The minimum atomic E-state index is -4.39. The van der Waals surface area contributed by atoms with Gasteiger partial charge >= 0.3 is 6.18 Å². The van der Waals surface area contributed by atoms with Crippen LogP contribution in [0.3, 0.4) is 0 Å². The predicted molar refractivity (Wildman–Crippen MR) is 86.2 cm³/mol. The molecule has 0 saturated heterocycles. The number of hydrogen-bond donors (Lipinski definition) is 3. The molecule has 0 amide bonds. The molecule has 0 unspecified atom stereocenters. The van der Waals surface area contributed by atoms with Crippen LogP contribution in [0, 0.1) is 0 Å². The van der Waals surface area contributed by atoms with E-state index in [4.69, 9.17) is 10.3 Å². The Morgan fingerprint density at radius 1 is 1.20 bits per heavy atom. The van der Waals surface area contributed by atoms with E-state index in [-0.39, 0.29) is 5.84 Å². The lowest BCUT2D eigenvalue weighted by Crippen LogP contribution is -2.88. The average molecular weight is 350 g/mol. The van der Waals surface area contributed by atoms with Gasteiger partial charge in [-0.05, 0) is 30.3 Å². The van der Waals surface area contributed by atoms with E-state index < -0.39 is 11.7 Å². The van der Waals surface area contributed by atoms with Gasteiger partial charge in [0.1, 0.15) is 5.52 Å². The van der Waals surface area contributed by atoms with E-state index in [9.17, 15) is 13.2 Å². The lowest BCUT2D eigenvalue weighted by molar-refractivity contribution is -0.686. The maximum atomic E-state index is 12.7. The molecule has 0 aliphatic rings. The maximum Gasteiger partial charge on any atom is 0.416 e. The highest BCUT2D eigenvalue weighted by atomic mass is 19.4. The van der Waals surface area contributed by atoms with Gasteiger partial charge in [0.25, 0.3) is 0 Å². The molecule has 9 heteroatoms. The number of nitrogens with one attached hydrogen (secondary N) is 1. The summed E-state index contributed by atoms with van der Waals surface area (Å²) in [4.78, 5) is 0. The van der Waals surface area contributed by atoms with Crippen molar-refractivity contribution in [2.75, 3.05) is 7.05 Å². The number of alkyl halides is 3. The summed E-state index contributed by atoms with van der Waals surface area (Å²) in [7, 11) is 1.77. The highest BCUT2D eigenvalue weighted by Gasteiger charge is 2.30. The van der Waals surface area contributed by atoms with Gasteiger partial charge < -0.3 is 10.3 Å². The van der Waals surface area contributed by atoms with Gasteiger partial charge in [-0.2, -0.15) is 18.7 Å². The van der Waals surface area contributed by atoms with Crippen LogP contribution < -0.4 is 16.7 Å². The van der Waals surface area contributed by atoms with Gasteiger partial charge in [-0.3, -0.25) is 0 Å². The Balaban J connectivity index is 2.02. The number of nitrogens with two attached hydrogens (primary N) is 2. The first-order valence-electron chi connectivity index (χ1n) is 7.34. The molecule has 3 aromatic rings. The van der Waals surface area contributed by atoms with Gasteiger partial charge in [-0.1, -0.05) is 17.3 Å². The van der Waals surface area contributed by atoms with E-state index in [1.807, 2.05) is 0 Å². The molecule has 0 radical (unpaired) electrons. The second-order valence-corrected chi connectivity index (χ2v) is 5.23. The normalized spacial score (nSPS) is 12.6. The van der Waals surface area contributed by atoms with E-state index in [0.717, 1.165) is 12.1 Å². The number of halogens is 3. The molecule has 25 heavy (non-hydrogen) atoms. The average Bonchev–Trinajstić information content (AvgIpc) is 3.02. The smallest absolute Gasteiger partial charge is 0.382 e. The molecule has 5 N–H and O–H groups in total. The number of benzene rings is 2. The SMILES string of the molecule is C[NH2+]N/N=C(\N)c1ccc2noc(-c3ccc(C(F)(F)F)cc3)c2c1. The largest absolute Gasteiger partial charge is 0.416 e. The summed E-state index contributed by atoms with van der Waals surface area (Å²) < 4.78 is 43.4. The van der Waals surface area contributed by atoms with Crippen molar-refractivity contribution in [1.29, 1.82) is 0 Å². The Morgan fingerprint density at radius 2 is 1.92 bits per heavy atom. The number of quaternary nitrogens is 1. The zero-order valence-corrected chi connectivity index (χ0v) is 13.1. The third-order valence-corrected chi connectivity index (χ3v) is 3.56. The number of fused-ring (bicyclic) bond motifs is 1. The second kappa shape index (κ2) is 6.44. The quantitative estimate of drug-likeness (QED) is 0.290. The van der Waals surface area contributed by atoms with Crippen molar-refractivity contribution < 1.29 is 23.1 Å². The highest BCUT2D eigenvalue weighted by Crippen LogP contribution is 2.33. The van der Waals surface area contributed by atoms with E-state index >= 15 is 0 Å². The third-order valence-electron chi connectivity index (χ3n) is 3.56. The van der Waals surface area contributed by atoms with Crippen LogP contribution in [0.25, 0.3) is 22.2 Å². The van der Waals surface area contributed by atoms with Crippen LogP contribution in [0.4, 0.5) is 13.2 Å². The lowest BCUT2D eigenvalue weighted by atomic mass is 10.0. The summed E-state index contributed by atoms with van der Waals surface area (Å²) in [5.41, 5.74) is 11.1. The fourth-order valence-corrected chi connectivity index (χ4v) is 2.32. The van der Waals surface area contributed by atoms with Crippen LogP contribution in [0.1, 0.15) is 11.1 Å². The Bertz CT molecular complexity index is 916. The first-order valence-corrected chi connectivity index (χ1v) is 7.34. The van der Waals surface area contributed by atoms with Crippen LogP contribution in [0.2, 0.25) is 0 Å². The molecule has 0 fully saturated rings. The standard InChI is InChI=1S/C16H14F3N5O/c1-21-24-22-15(20)10-4-7-13-12(8-10)14(25-23-13)9-2-5-11(6-3-9)16(17,18)19/h2-8,21,24H,1H3,(H2,20,22)/p+1. The van der Waals surface area contributed by atoms with Gasteiger partial charge in [0.2, 0.25) is 0 Å². The minimum absolute atomic E-state index is 0.263. The Hall–Kier alpha value is -3.07. The highest BCUT2D eigenvalue weighted by molar-refractivity contribution is 6.02. The molecule has 130 valence electrons. The maximum absolute atomic E-state index is 12.7. The van der Waals surface area contributed by atoms with Gasteiger partial charge in [0, 0.05) is 11.1 Å². The molecule has 0 spiro atoms. The van der Waals surface area contributed by atoms with Crippen molar-refractivity contribution in [2.45, 2.75) is 6.18 Å². The molecule has 0 saturated carbocycles. The lowest BCUT2D eigenvalue weighted by Gasteiger charge is -2.06. The molecule has 1 heterocycles. The van der Waals surface area contributed by atoms with Crippen LogP contribution >= 0.6 is 0 Å². The molecule has 0 bridgehead atoms. The molecule has 0 atom stereocenters. The number of nitrogens with zero attached hydrogens (tertiary/aromatic N) is 2. The molecular formula is C16H15F3N5O+. The molecule has 3 rings (SSSR count). The number of hydrazone groups is 1.